The third kappa shape index (κ3) is 4.45. The van der Waals surface area contributed by atoms with Crippen LogP contribution in [0.5, 0.6) is 5.75 Å². The van der Waals surface area contributed by atoms with Crippen LogP contribution in [0.4, 0.5) is 0 Å². The van der Waals surface area contributed by atoms with Gasteiger partial charge in [0.1, 0.15) is 5.69 Å². The summed E-state index contributed by atoms with van der Waals surface area (Å²) in [5, 5.41) is 15.0. The zero-order chi connectivity index (χ0) is 15.2. The molecule has 0 radical (unpaired) electrons. The fourth-order valence-corrected chi connectivity index (χ4v) is 3.19. The Hall–Kier alpha value is -1.07. The Morgan fingerprint density at radius 3 is 2.71 bits per heavy atom. The second-order valence-corrected chi connectivity index (χ2v) is 6.38. The van der Waals surface area contributed by atoms with Crippen molar-refractivity contribution < 1.29 is 9.84 Å². The largest absolute Gasteiger partial charge is 0.493 e. The fraction of sp³-hybridized carbons (Fsp3) is 0.812. The number of hydrogen-bond donors (Lipinski definition) is 1. The maximum absolute atomic E-state index is 10.7. The van der Waals surface area contributed by atoms with E-state index in [-0.39, 0.29) is 0 Å². The van der Waals surface area contributed by atoms with Crippen LogP contribution in [0.2, 0.25) is 0 Å². The van der Waals surface area contributed by atoms with Crippen LogP contribution in [0.15, 0.2) is 6.20 Å². The van der Waals surface area contributed by atoms with Gasteiger partial charge in [-0.1, -0.05) is 32.1 Å². The highest BCUT2D eigenvalue weighted by molar-refractivity contribution is 5.27. The van der Waals surface area contributed by atoms with Crippen LogP contribution in [0.1, 0.15) is 50.3 Å². The van der Waals surface area contributed by atoms with Gasteiger partial charge in [0.15, 0.2) is 5.75 Å². The molecule has 1 fully saturated rings. The van der Waals surface area contributed by atoms with Crippen molar-refractivity contribution in [1.29, 1.82) is 0 Å². The summed E-state index contributed by atoms with van der Waals surface area (Å²) < 4.78 is 7.28. The Balaban J connectivity index is 2.05. The fourth-order valence-electron chi connectivity index (χ4n) is 3.19. The standard InChI is InChI=1S/C16H29N3O2/c1-18(2)9-10-19-16(15(21-3)12-17-19)14(20)11-13-7-5-4-6-8-13/h12-14,20H,4-11H2,1-3H3. The van der Waals surface area contributed by atoms with Gasteiger partial charge < -0.3 is 14.7 Å². The van der Waals surface area contributed by atoms with E-state index in [4.69, 9.17) is 4.74 Å². The van der Waals surface area contributed by atoms with E-state index in [0.29, 0.717) is 11.7 Å². The SMILES string of the molecule is COc1cnn(CCN(C)C)c1C(O)CC1CCCCC1. The highest BCUT2D eigenvalue weighted by Crippen LogP contribution is 2.34. The van der Waals surface area contributed by atoms with E-state index in [1.165, 1.54) is 32.1 Å². The molecule has 1 atom stereocenters. The van der Waals surface area contributed by atoms with Crippen molar-refractivity contribution in [2.45, 2.75) is 51.2 Å². The predicted octanol–water partition coefficient (Wildman–Crippen LogP) is 2.46. The number of aromatic nitrogens is 2. The summed E-state index contributed by atoms with van der Waals surface area (Å²) >= 11 is 0. The molecule has 0 amide bonds. The zero-order valence-electron chi connectivity index (χ0n) is 13.6. The first-order valence-corrected chi connectivity index (χ1v) is 8.04. The minimum absolute atomic E-state index is 0.479. The number of aliphatic hydroxyl groups excluding tert-OH is 1. The van der Waals surface area contributed by atoms with E-state index in [9.17, 15) is 5.11 Å². The number of nitrogens with zero attached hydrogens (tertiary/aromatic N) is 3. The molecule has 5 nitrogen and oxygen atoms in total. The van der Waals surface area contributed by atoms with Gasteiger partial charge in [-0.05, 0) is 26.4 Å². The van der Waals surface area contributed by atoms with Gasteiger partial charge in [0.25, 0.3) is 0 Å². The van der Waals surface area contributed by atoms with Gasteiger partial charge in [-0.15, -0.1) is 0 Å². The third-order valence-corrected chi connectivity index (χ3v) is 4.42. The monoisotopic (exact) mass is 295 g/mol. The molecule has 5 heteroatoms. The minimum atomic E-state index is -0.479. The molecule has 0 spiro atoms. The Morgan fingerprint density at radius 1 is 1.38 bits per heavy atom. The van der Waals surface area contributed by atoms with Crippen molar-refractivity contribution in [3.05, 3.63) is 11.9 Å². The molecule has 0 aromatic carbocycles. The normalized spacial score (nSPS) is 18.1. The van der Waals surface area contributed by atoms with Crippen molar-refractivity contribution in [1.82, 2.24) is 14.7 Å². The molecule has 0 saturated heterocycles. The molecular weight excluding hydrogens is 266 g/mol. The Labute approximate surface area is 127 Å². The molecule has 1 N–H and O–H groups in total. The zero-order valence-corrected chi connectivity index (χ0v) is 13.6. The first-order chi connectivity index (χ1) is 10.1. The molecule has 120 valence electrons. The molecule has 1 heterocycles. The molecular formula is C16H29N3O2. The average Bonchev–Trinajstić information content (AvgIpc) is 2.89. The lowest BCUT2D eigenvalue weighted by Gasteiger charge is -2.25. The van der Waals surface area contributed by atoms with Crippen molar-refractivity contribution in [3.63, 3.8) is 0 Å². The second-order valence-electron chi connectivity index (χ2n) is 6.38. The van der Waals surface area contributed by atoms with Crippen LogP contribution in [0.3, 0.4) is 0 Å². The number of hydrogen-bond acceptors (Lipinski definition) is 4. The quantitative estimate of drug-likeness (QED) is 0.839. The van der Waals surface area contributed by atoms with Crippen LogP contribution in [-0.2, 0) is 6.54 Å². The van der Waals surface area contributed by atoms with E-state index < -0.39 is 6.10 Å². The first kappa shape index (κ1) is 16.3. The molecule has 0 aliphatic heterocycles. The van der Waals surface area contributed by atoms with Crippen LogP contribution in [0.25, 0.3) is 0 Å². The summed E-state index contributed by atoms with van der Waals surface area (Å²) in [5.41, 5.74) is 0.838. The minimum Gasteiger partial charge on any atom is -0.493 e. The van der Waals surface area contributed by atoms with Gasteiger partial charge in [-0.25, -0.2) is 0 Å². The van der Waals surface area contributed by atoms with Gasteiger partial charge in [0.05, 0.1) is 26.0 Å². The summed E-state index contributed by atoms with van der Waals surface area (Å²) in [5.74, 6) is 1.34. The van der Waals surface area contributed by atoms with E-state index in [1.54, 1.807) is 13.3 Å². The lowest BCUT2D eigenvalue weighted by atomic mass is 9.85. The van der Waals surface area contributed by atoms with Crippen LogP contribution >= 0.6 is 0 Å². The number of aliphatic hydroxyl groups is 1. The highest BCUT2D eigenvalue weighted by Gasteiger charge is 2.24. The van der Waals surface area contributed by atoms with E-state index in [0.717, 1.165) is 25.2 Å². The van der Waals surface area contributed by atoms with Gasteiger partial charge in [0, 0.05) is 6.54 Å². The Morgan fingerprint density at radius 2 is 2.10 bits per heavy atom. The Kier molecular flexibility index (Phi) is 6.06. The summed E-state index contributed by atoms with van der Waals surface area (Å²) in [6.07, 6.45) is 8.49. The Bertz CT molecular complexity index is 425. The molecule has 1 aromatic heterocycles. The lowest BCUT2D eigenvalue weighted by molar-refractivity contribution is 0.118. The molecule has 2 rings (SSSR count). The molecule has 1 aromatic rings. The molecule has 1 unspecified atom stereocenters. The number of rotatable bonds is 7. The molecule has 0 bridgehead atoms. The van der Waals surface area contributed by atoms with Crippen LogP contribution in [0, 0.1) is 5.92 Å². The van der Waals surface area contributed by atoms with Gasteiger partial charge in [-0.3, -0.25) is 4.68 Å². The van der Waals surface area contributed by atoms with Gasteiger partial charge in [0.2, 0.25) is 0 Å². The lowest BCUT2D eigenvalue weighted by Crippen LogP contribution is -2.22. The van der Waals surface area contributed by atoms with Crippen molar-refractivity contribution in [2.24, 2.45) is 5.92 Å². The highest BCUT2D eigenvalue weighted by atomic mass is 16.5. The predicted molar refractivity (Wildman–Crippen MR) is 83.5 cm³/mol. The molecule has 1 aliphatic carbocycles. The van der Waals surface area contributed by atoms with Crippen molar-refractivity contribution in [3.8, 4) is 5.75 Å². The third-order valence-electron chi connectivity index (χ3n) is 4.42. The van der Waals surface area contributed by atoms with Crippen LogP contribution in [-0.4, -0.2) is 47.5 Å². The molecule has 1 aliphatic rings. The summed E-state index contributed by atoms with van der Waals surface area (Å²) in [4.78, 5) is 2.12. The first-order valence-electron chi connectivity index (χ1n) is 8.04. The summed E-state index contributed by atoms with van der Waals surface area (Å²) in [7, 11) is 5.72. The van der Waals surface area contributed by atoms with Gasteiger partial charge in [-0.2, -0.15) is 5.10 Å². The number of methoxy groups -OCH3 is 1. The second kappa shape index (κ2) is 7.80. The summed E-state index contributed by atoms with van der Waals surface area (Å²) in [6, 6.07) is 0. The molecule has 21 heavy (non-hydrogen) atoms. The smallest absolute Gasteiger partial charge is 0.162 e. The number of ether oxygens (including phenoxy) is 1. The van der Waals surface area contributed by atoms with E-state index in [1.807, 2.05) is 18.8 Å². The van der Waals surface area contributed by atoms with Crippen LogP contribution < -0.4 is 4.74 Å². The maximum Gasteiger partial charge on any atom is 0.162 e. The van der Waals surface area contributed by atoms with E-state index in [2.05, 4.69) is 10.00 Å². The van der Waals surface area contributed by atoms with Gasteiger partial charge >= 0.3 is 0 Å². The maximum atomic E-state index is 10.7. The summed E-state index contributed by atoms with van der Waals surface area (Å²) in [6.45, 7) is 1.67. The van der Waals surface area contributed by atoms with E-state index >= 15 is 0 Å². The molecule has 1 saturated carbocycles. The average molecular weight is 295 g/mol. The number of likely N-dealkylation sites (N-methyl/N-ethyl adjacent to an activating group) is 1. The topological polar surface area (TPSA) is 50.5 Å². The van der Waals surface area contributed by atoms with Crippen molar-refractivity contribution >= 4 is 0 Å². The van der Waals surface area contributed by atoms with Crippen molar-refractivity contribution in [2.75, 3.05) is 27.7 Å².